The first-order chi connectivity index (χ1) is 10.2. The molecule has 21 heavy (non-hydrogen) atoms. The predicted molar refractivity (Wildman–Crippen MR) is 80.9 cm³/mol. The van der Waals surface area contributed by atoms with E-state index in [1.807, 2.05) is 31.2 Å². The van der Waals surface area contributed by atoms with Gasteiger partial charge in [0.1, 0.15) is 6.04 Å². The zero-order valence-electron chi connectivity index (χ0n) is 12.3. The number of anilines is 1. The molecule has 1 fully saturated rings. The summed E-state index contributed by atoms with van der Waals surface area (Å²) in [5.41, 5.74) is 1.74. The number of carbonyl (C=O) groups is 2. The number of rotatable bonds is 6. The monoisotopic (exact) mass is 290 g/mol. The van der Waals surface area contributed by atoms with Crippen LogP contribution in [0.5, 0.6) is 0 Å². The molecule has 0 saturated carbocycles. The lowest BCUT2D eigenvalue weighted by Gasteiger charge is -2.25. The molecule has 0 spiro atoms. The molecule has 1 unspecified atom stereocenters. The average molecular weight is 290 g/mol. The SMILES string of the molecule is CCC(C(=O)Nc1ccc(CCO)cc1)N1CCCC1=O. The molecule has 0 aromatic heterocycles. The molecule has 1 aromatic rings. The number of carbonyl (C=O) groups excluding carboxylic acids is 2. The molecule has 1 atom stereocenters. The van der Waals surface area contributed by atoms with Crippen LogP contribution in [0.25, 0.3) is 0 Å². The summed E-state index contributed by atoms with van der Waals surface area (Å²) in [5, 5.41) is 11.7. The number of nitrogens with zero attached hydrogens (tertiary/aromatic N) is 1. The van der Waals surface area contributed by atoms with Gasteiger partial charge >= 0.3 is 0 Å². The molecule has 1 aliphatic heterocycles. The average Bonchev–Trinajstić information content (AvgIpc) is 2.88. The second kappa shape index (κ2) is 7.22. The van der Waals surface area contributed by atoms with E-state index in [1.54, 1.807) is 4.90 Å². The van der Waals surface area contributed by atoms with E-state index in [0.29, 0.717) is 31.5 Å². The molecular formula is C16H22N2O3. The number of likely N-dealkylation sites (tertiary alicyclic amines) is 1. The highest BCUT2D eigenvalue weighted by atomic mass is 16.3. The number of hydrogen-bond acceptors (Lipinski definition) is 3. The number of nitrogens with one attached hydrogen (secondary N) is 1. The van der Waals surface area contributed by atoms with E-state index >= 15 is 0 Å². The van der Waals surface area contributed by atoms with E-state index in [9.17, 15) is 9.59 Å². The second-order valence-corrected chi connectivity index (χ2v) is 5.27. The zero-order valence-corrected chi connectivity index (χ0v) is 12.3. The fourth-order valence-electron chi connectivity index (χ4n) is 2.66. The molecule has 1 heterocycles. The topological polar surface area (TPSA) is 69.6 Å². The Morgan fingerprint density at radius 1 is 1.38 bits per heavy atom. The van der Waals surface area contributed by atoms with Gasteiger partial charge in [0.2, 0.25) is 11.8 Å². The molecule has 1 aliphatic rings. The highest BCUT2D eigenvalue weighted by Gasteiger charge is 2.31. The van der Waals surface area contributed by atoms with Crippen LogP contribution in [0.3, 0.4) is 0 Å². The van der Waals surface area contributed by atoms with Gasteiger partial charge in [0, 0.05) is 25.3 Å². The first-order valence-corrected chi connectivity index (χ1v) is 7.46. The molecule has 0 bridgehead atoms. The van der Waals surface area contributed by atoms with Crippen molar-refractivity contribution in [1.82, 2.24) is 4.90 Å². The van der Waals surface area contributed by atoms with E-state index in [-0.39, 0.29) is 18.4 Å². The molecule has 5 nitrogen and oxygen atoms in total. The quantitative estimate of drug-likeness (QED) is 0.835. The third-order valence-corrected chi connectivity index (χ3v) is 3.80. The van der Waals surface area contributed by atoms with Gasteiger partial charge in [-0.25, -0.2) is 0 Å². The molecule has 0 radical (unpaired) electrons. The maximum atomic E-state index is 12.3. The first kappa shape index (κ1) is 15.5. The van der Waals surface area contributed by atoms with Crippen molar-refractivity contribution >= 4 is 17.5 Å². The first-order valence-electron chi connectivity index (χ1n) is 7.46. The Morgan fingerprint density at radius 3 is 2.62 bits per heavy atom. The lowest BCUT2D eigenvalue weighted by atomic mass is 10.1. The van der Waals surface area contributed by atoms with Gasteiger partial charge in [0.05, 0.1) is 0 Å². The van der Waals surface area contributed by atoms with Gasteiger partial charge in [-0.3, -0.25) is 9.59 Å². The third kappa shape index (κ3) is 3.82. The highest BCUT2D eigenvalue weighted by molar-refractivity contribution is 5.97. The van der Waals surface area contributed by atoms with Crippen LogP contribution in [-0.4, -0.2) is 41.0 Å². The number of aliphatic hydroxyl groups excluding tert-OH is 1. The Labute approximate surface area is 125 Å². The molecule has 0 aliphatic carbocycles. The predicted octanol–water partition coefficient (Wildman–Crippen LogP) is 1.56. The van der Waals surface area contributed by atoms with Gasteiger partial charge in [-0.1, -0.05) is 19.1 Å². The zero-order chi connectivity index (χ0) is 15.2. The van der Waals surface area contributed by atoms with Crippen LogP contribution in [0, 0.1) is 0 Å². The van der Waals surface area contributed by atoms with Gasteiger partial charge in [-0.05, 0) is 37.0 Å². The lowest BCUT2D eigenvalue weighted by Crippen LogP contribution is -2.44. The van der Waals surface area contributed by atoms with E-state index in [0.717, 1.165) is 12.0 Å². The molecule has 2 N–H and O–H groups in total. The van der Waals surface area contributed by atoms with Crippen molar-refractivity contribution < 1.29 is 14.7 Å². The molecule has 114 valence electrons. The van der Waals surface area contributed by atoms with Crippen LogP contribution in [0.4, 0.5) is 5.69 Å². The van der Waals surface area contributed by atoms with Crippen LogP contribution < -0.4 is 5.32 Å². The summed E-state index contributed by atoms with van der Waals surface area (Å²) in [6, 6.07) is 7.02. The van der Waals surface area contributed by atoms with E-state index in [2.05, 4.69) is 5.32 Å². The van der Waals surface area contributed by atoms with E-state index < -0.39 is 6.04 Å². The number of benzene rings is 1. The number of hydrogen-bond donors (Lipinski definition) is 2. The minimum absolute atomic E-state index is 0.0651. The Bertz CT molecular complexity index is 499. The smallest absolute Gasteiger partial charge is 0.247 e. The number of aliphatic hydroxyl groups is 1. The van der Waals surface area contributed by atoms with Crippen LogP contribution in [-0.2, 0) is 16.0 Å². The fourth-order valence-corrected chi connectivity index (χ4v) is 2.66. The van der Waals surface area contributed by atoms with Gasteiger partial charge in [0.25, 0.3) is 0 Å². The summed E-state index contributed by atoms with van der Waals surface area (Å²) in [7, 11) is 0. The summed E-state index contributed by atoms with van der Waals surface area (Å²) in [4.78, 5) is 25.8. The van der Waals surface area contributed by atoms with E-state index in [4.69, 9.17) is 5.11 Å². The molecule has 1 aromatic carbocycles. The maximum absolute atomic E-state index is 12.3. The van der Waals surface area contributed by atoms with Gasteiger partial charge < -0.3 is 15.3 Å². The van der Waals surface area contributed by atoms with Crippen molar-refractivity contribution in [2.75, 3.05) is 18.5 Å². The van der Waals surface area contributed by atoms with Crippen molar-refractivity contribution in [2.45, 2.75) is 38.6 Å². The highest BCUT2D eigenvalue weighted by Crippen LogP contribution is 2.18. The van der Waals surface area contributed by atoms with Gasteiger partial charge in [-0.15, -0.1) is 0 Å². The summed E-state index contributed by atoms with van der Waals surface area (Å²) in [6.45, 7) is 2.70. The summed E-state index contributed by atoms with van der Waals surface area (Å²) in [5.74, 6) is -0.0713. The summed E-state index contributed by atoms with van der Waals surface area (Å²) in [6.07, 6.45) is 2.59. The van der Waals surface area contributed by atoms with Crippen molar-refractivity contribution in [3.8, 4) is 0 Å². The Morgan fingerprint density at radius 2 is 2.10 bits per heavy atom. The van der Waals surface area contributed by atoms with Crippen molar-refractivity contribution in [3.63, 3.8) is 0 Å². The Balaban J connectivity index is 2.00. The normalized spacial score (nSPS) is 16.1. The fraction of sp³-hybridized carbons (Fsp3) is 0.500. The van der Waals surface area contributed by atoms with Crippen molar-refractivity contribution in [2.24, 2.45) is 0 Å². The minimum Gasteiger partial charge on any atom is -0.396 e. The number of amides is 2. The Hall–Kier alpha value is -1.88. The van der Waals surface area contributed by atoms with Crippen LogP contribution in [0.1, 0.15) is 31.7 Å². The molecule has 1 saturated heterocycles. The largest absolute Gasteiger partial charge is 0.396 e. The van der Waals surface area contributed by atoms with Crippen LogP contribution in [0.2, 0.25) is 0 Å². The van der Waals surface area contributed by atoms with Crippen molar-refractivity contribution in [3.05, 3.63) is 29.8 Å². The Kier molecular flexibility index (Phi) is 5.33. The standard InChI is InChI=1S/C16H22N2O3/c1-2-14(18-10-3-4-15(18)20)16(21)17-13-7-5-12(6-8-13)9-11-19/h5-8,14,19H,2-4,9-11H2,1H3,(H,17,21). The molecule has 2 amide bonds. The summed E-state index contributed by atoms with van der Waals surface area (Å²) < 4.78 is 0. The van der Waals surface area contributed by atoms with Crippen molar-refractivity contribution in [1.29, 1.82) is 0 Å². The van der Waals surface area contributed by atoms with Gasteiger partial charge in [0.15, 0.2) is 0 Å². The maximum Gasteiger partial charge on any atom is 0.247 e. The molecular weight excluding hydrogens is 268 g/mol. The lowest BCUT2D eigenvalue weighted by molar-refractivity contribution is -0.135. The van der Waals surface area contributed by atoms with E-state index in [1.165, 1.54) is 0 Å². The third-order valence-electron chi connectivity index (χ3n) is 3.80. The molecule has 5 heteroatoms. The molecule has 2 rings (SSSR count). The summed E-state index contributed by atoms with van der Waals surface area (Å²) >= 11 is 0. The second-order valence-electron chi connectivity index (χ2n) is 5.27. The van der Waals surface area contributed by atoms with Crippen LogP contribution >= 0.6 is 0 Å². The minimum atomic E-state index is -0.392. The van der Waals surface area contributed by atoms with Gasteiger partial charge in [-0.2, -0.15) is 0 Å². The van der Waals surface area contributed by atoms with Crippen LogP contribution in [0.15, 0.2) is 24.3 Å².